The van der Waals surface area contributed by atoms with Gasteiger partial charge in [0.2, 0.25) is 0 Å². The Morgan fingerprint density at radius 2 is 2.17 bits per heavy atom. The molecule has 1 saturated heterocycles. The molecule has 7 heteroatoms. The highest BCUT2D eigenvalue weighted by Crippen LogP contribution is 2.13. The predicted molar refractivity (Wildman–Crippen MR) is 64.2 cm³/mol. The average Bonchev–Trinajstić information content (AvgIpc) is 2.60. The maximum absolute atomic E-state index is 11.9. The van der Waals surface area contributed by atoms with E-state index in [4.69, 9.17) is 5.73 Å². The summed E-state index contributed by atoms with van der Waals surface area (Å²) in [5, 5.41) is 2.65. The second kappa shape index (κ2) is 4.99. The molecule has 0 bridgehead atoms. The number of nitrogens with zero attached hydrogens (tertiary/aromatic N) is 3. The van der Waals surface area contributed by atoms with Crippen LogP contribution in [-0.4, -0.2) is 32.8 Å². The highest BCUT2D eigenvalue weighted by Gasteiger charge is 2.37. The van der Waals surface area contributed by atoms with Crippen molar-refractivity contribution in [2.75, 3.05) is 5.73 Å². The third-order valence-corrected chi connectivity index (χ3v) is 2.73. The number of amides is 3. The second-order valence-electron chi connectivity index (χ2n) is 4.15. The summed E-state index contributed by atoms with van der Waals surface area (Å²) in [5.41, 5.74) is 5.95. The van der Waals surface area contributed by atoms with Gasteiger partial charge in [0.15, 0.2) is 0 Å². The van der Waals surface area contributed by atoms with Crippen LogP contribution in [0.15, 0.2) is 12.4 Å². The largest absolute Gasteiger partial charge is 0.382 e. The van der Waals surface area contributed by atoms with Gasteiger partial charge in [-0.3, -0.25) is 14.7 Å². The van der Waals surface area contributed by atoms with E-state index in [1.807, 2.05) is 6.92 Å². The van der Waals surface area contributed by atoms with Crippen molar-refractivity contribution in [2.45, 2.75) is 32.4 Å². The van der Waals surface area contributed by atoms with Crippen molar-refractivity contribution in [2.24, 2.45) is 0 Å². The molecule has 1 unspecified atom stereocenters. The van der Waals surface area contributed by atoms with Crippen molar-refractivity contribution >= 4 is 17.8 Å². The van der Waals surface area contributed by atoms with Crippen molar-refractivity contribution < 1.29 is 9.59 Å². The number of carbonyl (C=O) groups excluding carboxylic acids is 2. The average molecular weight is 249 g/mol. The fraction of sp³-hybridized carbons (Fsp3) is 0.455. The van der Waals surface area contributed by atoms with Crippen molar-refractivity contribution in [1.29, 1.82) is 0 Å². The van der Waals surface area contributed by atoms with E-state index in [2.05, 4.69) is 15.3 Å². The molecule has 3 amide bonds. The van der Waals surface area contributed by atoms with E-state index in [9.17, 15) is 9.59 Å². The van der Waals surface area contributed by atoms with Gasteiger partial charge < -0.3 is 11.1 Å². The van der Waals surface area contributed by atoms with Gasteiger partial charge in [-0.2, -0.15) is 0 Å². The minimum absolute atomic E-state index is 0.123. The zero-order chi connectivity index (χ0) is 13.1. The van der Waals surface area contributed by atoms with Gasteiger partial charge in [0.1, 0.15) is 11.9 Å². The maximum Gasteiger partial charge on any atom is 0.325 e. The van der Waals surface area contributed by atoms with Crippen LogP contribution in [0.4, 0.5) is 10.6 Å². The van der Waals surface area contributed by atoms with Crippen LogP contribution in [0.25, 0.3) is 0 Å². The minimum atomic E-state index is -0.413. The van der Waals surface area contributed by atoms with Gasteiger partial charge in [0.25, 0.3) is 5.91 Å². The van der Waals surface area contributed by atoms with Crippen LogP contribution < -0.4 is 11.1 Å². The van der Waals surface area contributed by atoms with E-state index in [1.54, 1.807) is 0 Å². The van der Waals surface area contributed by atoms with E-state index in [1.165, 1.54) is 12.4 Å². The smallest absolute Gasteiger partial charge is 0.325 e. The molecule has 1 fully saturated rings. The van der Waals surface area contributed by atoms with Crippen LogP contribution in [0.2, 0.25) is 0 Å². The number of carbonyl (C=O) groups is 2. The first-order valence-electron chi connectivity index (χ1n) is 5.80. The molecule has 0 aliphatic carbocycles. The number of urea groups is 1. The highest BCUT2D eigenvalue weighted by atomic mass is 16.2. The molecule has 1 aromatic rings. The zero-order valence-electron chi connectivity index (χ0n) is 10.1. The lowest BCUT2D eigenvalue weighted by atomic mass is 10.2. The van der Waals surface area contributed by atoms with E-state index < -0.39 is 6.04 Å². The number of hydrogen-bond donors (Lipinski definition) is 2. The van der Waals surface area contributed by atoms with Gasteiger partial charge in [-0.15, -0.1) is 0 Å². The molecule has 1 aliphatic heterocycles. The summed E-state index contributed by atoms with van der Waals surface area (Å²) in [6.07, 6.45) is 4.35. The number of aromatic nitrogens is 2. The Labute approximate surface area is 104 Å². The Kier molecular flexibility index (Phi) is 3.40. The minimum Gasteiger partial charge on any atom is -0.382 e. The molecule has 1 aliphatic rings. The van der Waals surface area contributed by atoms with Gasteiger partial charge in [-0.05, 0) is 6.42 Å². The molecule has 7 nitrogen and oxygen atoms in total. The summed E-state index contributed by atoms with van der Waals surface area (Å²) in [4.78, 5) is 32.7. The van der Waals surface area contributed by atoms with Gasteiger partial charge in [-0.25, -0.2) is 9.78 Å². The fourth-order valence-electron chi connectivity index (χ4n) is 1.82. The normalized spacial score (nSPS) is 19.2. The summed E-state index contributed by atoms with van der Waals surface area (Å²) in [6.45, 7) is 2.09. The van der Waals surface area contributed by atoms with Crippen molar-refractivity contribution in [1.82, 2.24) is 20.2 Å². The molecule has 0 radical (unpaired) electrons. The Morgan fingerprint density at radius 1 is 1.39 bits per heavy atom. The molecule has 1 atom stereocenters. The maximum atomic E-state index is 11.9. The number of nitrogens with two attached hydrogens (primary N) is 1. The first-order valence-corrected chi connectivity index (χ1v) is 5.80. The highest BCUT2D eigenvalue weighted by molar-refractivity contribution is 6.04. The lowest BCUT2D eigenvalue weighted by Gasteiger charge is -2.11. The van der Waals surface area contributed by atoms with Gasteiger partial charge in [-0.1, -0.05) is 13.3 Å². The Balaban J connectivity index is 2.07. The molecule has 96 valence electrons. The van der Waals surface area contributed by atoms with Crippen molar-refractivity contribution in [3.8, 4) is 0 Å². The summed E-state index contributed by atoms with van der Waals surface area (Å²) in [7, 11) is 0. The Morgan fingerprint density at radius 3 is 2.78 bits per heavy atom. The lowest BCUT2D eigenvalue weighted by molar-refractivity contribution is -0.128. The zero-order valence-corrected chi connectivity index (χ0v) is 10.1. The number of nitrogen functional groups attached to an aromatic ring is 1. The van der Waals surface area contributed by atoms with Gasteiger partial charge >= 0.3 is 6.03 Å². The summed E-state index contributed by atoms with van der Waals surface area (Å²) >= 11 is 0. The lowest BCUT2D eigenvalue weighted by Crippen LogP contribution is -2.31. The molecular formula is C11H15N5O2. The number of nitrogens with one attached hydrogen (secondary N) is 1. The van der Waals surface area contributed by atoms with Crippen LogP contribution in [0.1, 0.15) is 25.5 Å². The first-order chi connectivity index (χ1) is 8.61. The summed E-state index contributed by atoms with van der Waals surface area (Å²) in [5.74, 6) is 0.0975. The third kappa shape index (κ3) is 2.39. The molecule has 18 heavy (non-hydrogen) atoms. The topological polar surface area (TPSA) is 101 Å². The van der Waals surface area contributed by atoms with Crippen LogP contribution >= 0.6 is 0 Å². The molecule has 1 aromatic heterocycles. The van der Waals surface area contributed by atoms with E-state index in [-0.39, 0.29) is 18.5 Å². The Bertz CT molecular complexity index is 459. The molecule has 2 heterocycles. The van der Waals surface area contributed by atoms with Gasteiger partial charge in [0, 0.05) is 0 Å². The monoisotopic (exact) mass is 249 g/mol. The quantitative estimate of drug-likeness (QED) is 0.746. The molecule has 0 aromatic carbocycles. The first kappa shape index (κ1) is 12.3. The molecule has 2 rings (SSSR count). The van der Waals surface area contributed by atoms with Crippen LogP contribution in [-0.2, 0) is 11.3 Å². The Hall–Kier alpha value is -2.18. The number of hydrogen-bond acceptors (Lipinski definition) is 5. The van der Waals surface area contributed by atoms with Crippen LogP contribution in [0.3, 0.4) is 0 Å². The number of rotatable bonds is 4. The van der Waals surface area contributed by atoms with E-state index in [0.29, 0.717) is 17.9 Å². The molecule has 0 spiro atoms. The standard InChI is InChI=1S/C11H15N5O2/c1-2-3-8-10(17)16(11(18)15-8)6-7-4-14-9(12)5-13-7/h4-5,8H,2-3,6H2,1H3,(H2,12,14)(H,15,18). The number of anilines is 1. The molecular weight excluding hydrogens is 234 g/mol. The van der Waals surface area contributed by atoms with Crippen molar-refractivity contribution in [3.05, 3.63) is 18.1 Å². The number of imide groups is 1. The third-order valence-electron chi connectivity index (χ3n) is 2.73. The van der Waals surface area contributed by atoms with E-state index >= 15 is 0 Å². The van der Waals surface area contributed by atoms with Gasteiger partial charge in [0.05, 0.1) is 24.6 Å². The van der Waals surface area contributed by atoms with Crippen LogP contribution in [0.5, 0.6) is 0 Å². The molecule has 0 saturated carbocycles. The molecule has 3 N–H and O–H groups in total. The fourth-order valence-corrected chi connectivity index (χ4v) is 1.82. The van der Waals surface area contributed by atoms with E-state index in [0.717, 1.165) is 11.3 Å². The summed E-state index contributed by atoms with van der Waals surface area (Å²) in [6, 6.07) is -0.790. The van der Waals surface area contributed by atoms with Crippen molar-refractivity contribution in [3.63, 3.8) is 0 Å². The summed E-state index contributed by atoms with van der Waals surface area (Å²) < 4.78 is 0. The van der Waals surface area contributed by atoms with Crippen LogP contribution in [0, 0.1) is 0 Å². The SMILES string of the molecule is CCCC1NC(=O)N(Cc2cnc(N)cn2)C1=O. The second-order valence-corrected chi connectivity index (χ2v) is 4.15. The predicted octanol–water partition coefficient (Wildman–Crippen LogP) is 0.279.